The lowest BCUT2D eigenvalue weighted by Gasteiger charge is -2.08. The number of hydrogen-bond acceptors (Lipinski definition) is 3. The Balaban J connectivity index is 2.15. The van der Waals surface area contributed by atoms with Gasteiger partial charge in [-0.05, 0) is 24.3 Å². The second-order valence-corrected chi connectivity index (χ2v) is 3.87. The third-order valence-electron chi connectivity index (χ3n) is 2.20. The van der Waals surface area contributed by atoms with Crippen molar-refractivity contribution in [2.24, 2.45) is 0 Å². The standard InChI is InChI=1S/C12H8ClF3N2O/c13-5-9-6-17-7-11(18-9)19-10-3-1-8(2-4-10)12(14,15)16/h1-4,6-7H,5H2. The Morgan fingerprint density at radius 1 is 1.11 bits per heavy atom. The highest BCUT2D eigenvalue weighted by Gasteiger charge is 2.30. The summed E-state index contributed by atoms with van der Waals surface area (Å²) in [6.45, 7) is 0. The van der Waals surface area contributed by atoms with Crippen molar-refractivity contribution in [2.45, 2.75) is 12.1 Å². The van der Waals surface area contributed by atoms with E-state index in [4.69, 9.17) is 16.3 Å². The second-order valence-electron chi connectivity index (χ2n) is 3.61. The molecule has 2 aromatic rings. The summed E-state index contributed by atoms with van der Waals surface area (Å²) < 4.78 is 42.4. The topological polar surface area (TPSA) is 35.0 Å². The molecule has 2 rings (SSSR count). The fraction of sp³-hybridized carbons (Fsp3) is 0.167. The van der Waals surface area contributed by atoms with Crippen LogP contribution in [0.15, 0.2) is 36.7 Å². The van der Waals surface area contributed by atoms with Gasteiger partial charge in [0.2, 0.25) is 5.88 Å². The van der Waals surface area contributed by atoms with Gasteiger partial charge >= 0.3 is 6.18 Å². The number of alkyl halides is 4. The molecule has 0 saturated carbocycles. The van der Waals surface area contributed by atoms with E-state index in [1.54, 1.807) is 0 Å². The molecule has 1 heterocycles. The van der Waals surface area contributed by atoms with Gasteiger partial charge in [0.1, 0.15) is 5.75 Å². The van der Waals surface area contributed by atoms with Crippen LogP contribution in [0.1, 0.15) is 11.3 Å². The zero-order valence-corrected chi connectivity index (χ0v) is 10.2. The Morgan fingerprint density at radius 3 is 2.37 bits per heavy atom. The summed E-state index contributed by atoms with van der Waals surface area (Å²) in [6.07, 6.45) is -1.53. The van der Waals surface area contributed by atoms with Gasteiger partial charge in [-0.25, -0.2) is 4.98 Å². The van der Waals surface area contributed by atoms with Crippen LogP contribution in [0.5, 0.6) is 11.6 Å². The number of nitrogens with zero attached hydrogens (tertiary/aromatic N) is 2. The molecule has 0 aliphatic rings. The normalized spacial score (nSPS) is 11.4. The van der Waals surface area contributed by atoms with Gasteiger partial charge < -0.3 is 4.74 Å². The maximum absolute atomic E-state index is 12.4. The molecule has 0 fully saturated rings. The van der Waals surface area contributed by atoms with E-state index in [-0.39, 0.29) is 17.5 Å². The van der Waals surface area contributed by atoms with Crippen molar-refractivity contribution < 1.29 is 17.9 Å². The van der Waals surface area contributed by atoms with Crippen LogP contribution >= 0.6 is 11.6 Å². The lowest BCUT2D eigenvalue weighted by Crippen LogP contribution is -2.04. The van der Waals surface area contributed by atoms with Crippen molar-refractivity contribution >= 4 is 11.6 Å². The molecule has 1 aromatic carbocycles. The van der Waals surface area contributed by atoms with Gasteiger partial charge in [0.25, 0.3) is 0 Å². The van der Waals surface area contributed by atoms with Crippen LogP contribution in [-0.2, 0) is 12.1 Å². The molecule has 0 N–H and O–H groups in total. The number of rotatable bonds is 3. The van der Waals surface area contributed by atoms with Crippen LogP contribution in [0.2, 0.25) is 0 Å². The molecule has 0 saturated heterocycles. The highest BCUT2D eigenvalue weighted by atomic mass is 35.5. The van der Waals surface area contributed by atoms with E-state index in [0.717, 1.165) is 12.1 Å². The van der Waals surface area contributed by atoms with Crippen molar-refractivity contribution in [1.29, 1.82) is 0 Å². The highest BCUT2D eigenvalue weighted by molar-refractivity contribution is 6.16. The van der Waals surface area contributed by atoms with Crippen molar-refractivity contribution in [3.05, 3.63) is 47.9 Å². The van der Waals surface area contributed by atoms with E-state index in [1.807, 2.05) is 0 Å². The minimum atomic E-state index is -4.36. The molecular formula is C12H8ClF3N2O. The number of hydrogen-bond donors (Lipinski definition) is 0. The van der Waals surface area contributed by atoms with E-state index in [2.05, 4.69) is 9.97 Å². The minimum absolute atomic E-state index is 0.178. The van der Waals surface area contributed by atoms with Crippen molar-refractivity contribution in [1.82, 2.24) is 9.97 Å². The van der Waals surface area contributed by atoms with Gasteiger partial charge in [-0.2, -0.15) is 13.2 Å². The first-order valence-corrected chi connectivity index (χ1v) is 5.74. The molecule has 0 aliphatic carbocycles. The molecule has 100 valence electrons. The van der Waals surface area contributed by atoms with Gasteiger partial charge in [0, 0.05) is 6.20 Å². The van der Waals surface area contributed by atoms with Gasteiger partial charge in [0.05, 0.1) is 23.3 Å². The third kappa shape index (κ3) is 3.57. The number of benzene rings is 1. The monoisotopic (exact) mass is 288 g/mol. The van der Waals surface area contributed by atoms with Crippen LogP contribution in [0, 0.1) is 0 Å². The highest BCUT2D eigenvalue weighted by Crippen LogP contribution is 2.31. The van der Waals surface area contributed by atoms with Crippen molar-refractivity contribution in [3.63, 3.8) is 0 Å². The molecule has 0 spiro atoms. The Bertz CT molecular complexity index is 558. The summed E-state index contributed by atoms with van der Waals surface area (Å²) in [5.41, 5.74) is -0.216. The Hall–Kier alpha value is -1.82. The maximum atomic E-state index is 12.4. The summed E-state index contributed by atoms with van der Waals surface area (Å²) in [6, 6.07) is 4.32. The van der Waals surface area contributed by atoms with E-state index in [0.29, 0.717) is 5.69 Å². The summed E-state index contributed by atoms with van der Waals surface area (Å²) in [4.78, 5) is 7.88. The molecule has 7 heteroatoms. The predicted octanol–water partition coefficient (Wildman–Crippen LogP) is 4.03. The van der Waals surface area contributed by atoms with Crippen LogP contribution < -0.4 is 4.74 Å². The average Bonchev–Trinajstić information content (AvgIpc) is 2.38. The zero-order valence-electron chi connectivity index (χ0n) is 9.49. The lowest BCUT2D eigenvalue weighted by molar-refractivity contribution is -0.137. The SMILES string of the molecule is FC(F)(F)c1ccc(Oc2cncc(CCl)n2)cc1. The molecule has 0 radical (unpaired) electrons. The molecule has 3 nitrogen and oxygen atoms in total. The largest absolute Gasteiger partial charge is 0.437 e. The number of aromatic nitrogens is 2. The van der Waals surface area contributed by atoms with Crippen LogP contribution in [0.25, 0.3) is 0 Å². The van der Waals surface area contributed by atoms with Crippen LogP contribution in [-0.4, -0.2) is 9.97 Å². The van der Waals surface area contributed by atoms with E-state index in [9.17, 15) is 13.2 Å². The third-order valence-corrected chi connectivity index (χ3v) is 2.48. The van der Waals surface area contributed by atoms with E-state index in [1.165, 1.54) is 24.5 Å². The summed E-state index contributed by atoms with van der Waals surface area (Å²) in [7, 11) is 0. The fourth-order valence-corrected chi connectivity index (χ4v) is 1.46. The number of ether oxygens (including phenoxy) is 1. The maximum Gasteiger partial charge on any atom is 0.416 e. The Labute approximate surface area is 112 Å². The van der Waals surface area contributed by atoms with Crippen LogP contribution in [0.4, 0.5) is 13.2 Å². The predicted molar refractivity (Wildman–Crippen MR) is 63.1 cm³/mol. The molecule has 1 aromatic heterocycles. The fourth-order valence-electron chi connectivity index (χ4n) is 1.33. The Morgan fingerprint density at radius 2 is 1.79 bits per heavy atom. The average molecular weight is 289 g/mol. The van der Waals surface area contributed by atoms with Crippen molar-refractivity contribution in [3.8, 4) is 11.6 Å². The molecule has 0 amide bonds. The van der Waals surface area contributed by atoms with Crippen molar-refractivity contribution in [2.75, 3.05) is 0 Å². The smallest absolute Gasteiger partial charge is 0.416 e. The van der Waals surface area contributed by atoms with Gasteiger partial charge in [-0.1, -0.05) is 0 Å². The molecule has 0 bridgehead atoms. The molecule has 0 aliphatic heterocycles. The van der Waals surface area contributed by atoms with Crippen LogP contribution in [0.3, 0.4) is 0 Å². The zero-order chi connectivity index (χ0) is 13.9. The quantitative estimate of drug-likeness (QED) is 0.800. The lowest BCUT2D eigenvalue weighted by atomic mass is 10.2. The van der Waals surface area contributed by atoms with Gasteiger partial charge in [0.15, 0.2) is 0 Å². The first-order chi connectivity index (χ1) is 8.99. The Kier molecular flexibility index (Phi) is 3.90. The van der Waals surface area contributed by atoms with Gasteiger partial charge in [-0.15, -0.1) is 11.6 Å². The van der Waals surface area contributed by atoms with E-state index < -0.39 is 11.7 Å². The minimum Gasteiger partial charge on any atom is -0.437 e. The molecule has 0 atom stereocenters. The molecule has 0 unspecified atom stereocenters. The molecular weight excluding hydrogens is 281 g/mol. The van der Waals surface area contributed by atoms with Gasteiger partial charge in [-0.3, -0.25) is 4.98 Å². The number of halogens is 4. The molecule has 19 heavy (non-hydrogen) atoms. The summed E-state index contributed by atoms with van der Waals surface area (Å²) >= 11 is 5.59. The van der Waals surface area contributed by atoms with E-state index >= 15 is 0 Å². The first-order valence-electron chi connectivity index (χ1n) is 5.21. The second kappa shape index (κ2) is 5.44. The first kappa shape index (κ1) is 13.6. The summed E-state index contributed by atoms with van der Waals surface area (Å²) in [5.74, 6) is 0.601. The summed E-state index contributed by atoms with van der Waals surface area (Å²) in [5, 5.41) is 0.